The lowest BCUT2D eigenvalue weighted by molar-refractivity contribution is 0.622. The Kier molecular flexibility index (Phi) is 2.03. The van der Waals surface area contributed by atoms with E-state index < -0.39 is 15.5 Å². The van der Waals surface area contributed by atoms with Crippen molar-refractivity contribution in [2.45, 2.75) is 6.42 Å². The van der Waals surface area contributed by atoms with Crippen molar-refractivity contribution < 1.29 is 8.60 Å². The molecule has 2 rings (SSSR count). The van der Waals surface area contributed by atoms with Gasteiger partial charge in [0.1, 0.15) is 5.69 Å². The predicted molar refractivity (Wildman–Crippen MR) is 48.8 cm³/mol. The highest BCUT2D eigenvalue weighted by Crippen LogP contribution is 2.22. The highest BCUT2D eigenvalue weighted by Gasteiger charge is 2.19. The van der Waals surface area contributed by atoms with Crippen molar-refractivity contribution in [3.63, 3.8) is 0 Å². The van der Waals surface area contributed by atoms with Crippen molar-refractivity contribution in [1.29, 1.82) is 0 Å². The third-order valence-electron chi connectivity index (χ3n) is 1.94. The van der Waals surface area contributed by atoms with Crippen molar-refractivity contribution in [2.75, 3.05) is 11.5 Å². The van der Waals surface area contributed by atoms with Gasteiger partial charge in [-0.3, -0.25) is 4.98 Å². The molecule has 1 fully saturated rings. The molecule has 0 amide bonds. The summed E-state index contributed by atoms with van der Waals surface area (Å²) in [6.45, 7) is 0. The van der Waals surface area contributed by atoms with Crippen molar-refractivity contribution in [3.8, 4) is 0 Å². The third kappa shape index (κ3) is 1.70. The zero-order valence-corrected chi connectivity index (χ0v) is 7.76. The Morgan fingerprint density at radius 1 is 1.54 bits per heavy atom. The number of halogens is 1. The minimum atomic E-state index is -2.11. The van der Waals surface area contributed by atoms with E-state index in [2.05, 4.69) is 9.35 Å². The Morgan fingerprint density at radius 2 is 2.31 bits per heavy atom. The van der Waals surface area contributed by atoms with Crippen LogP contribution in [0.2, 0.25) is 0 Å². The smallest absolute Gasteiger partial charge is 0.167 e. The summed E-state index contributed by atoms with van der Waals surface area (Å²) in [5, 5.41) is 0. The first-order valence-electron chi connectivity index (χ1n) is 4.02. The van der Waals surface area contributed by atoms with E-state index in [9.17, 15) is 8.60 Å². The zero-order chi connectivity index (χ0) is 9.31. The lowest BCUT2D eigenvalue weighted by atomic mass is 10.4. The summed E-state index contributed by atoms with van der Waals surface area (Å²) in [4.78, 5) is 3.59. The molecule has 13 heavy (non-hydrogen) atoms. The number of hydrogen-bond acceptors (Lipinski definition) is 3. The van der Waals surface area contributed by atoms with Gasteiger partial charge in [0.05, 0.1) is 15.9 Å². The van der Waals surface area contributed by atoms with E-state index in [0.29, 0.717) is 11.5 Å². The fourth-order valence-corrected chi connectivity index (χ4v) is 2.58. The summed E-state index contributed by atoms with van der Waals surface area (Å²) >= 11 is 0. The zero-order valence-electron chi connectivity index (χ0n) is 6.94. The van der Waals surface area contributed by atoms with Crippen LogP contribution in [0.3, 0.4) is 0 Å². The molecule has 1 aliphatic rings. The molecule has 0 spiro atoms. The van der Waals surface area contributed by atoms with Crippen molar-refractivity contribution in [2.24, 2.45) is 4.36 Å². The lowest BCUT2D eigenvalue weighted by Gasteiger charge is -2.17. The first-order chi connectivity index (χ1) is 6.20. The average molecular weight is 200 g/mol. The van der Waals surface area contributed by atoms with Gasteiger partial charge < -0.3 is 0 Å². The molecule has 0 saturated carbocycles. The summed E-state index contributed by atoms with van der Waals surface area (Å²) in [5.41, 5.74) is 0.166. The molecular weight excluding hydrogens is 191 g/mol. The van der Waals surface area contributed by atoms with Gasteiger partial charge in [0.15, 0.2) is 5.82 Å². The predicted octanol–water partition coefficient (Wildman–Crippen LogP) is 1.72. The van der Waals surface area contributed by atoms with Crippen LogP contribution in [0.1, 0.15) is 6.42 Å². The van der Waals surface area contributed by atoms with E-state index in [1.807, 2.05) is 0 Å². The molecule has 0 aromatic carbocycles. The molecule has 0 unspecified atom stereocenters. The van der Waals surface area contributed by atoms with Crippen LogP contribution >= 0.6 is 0 Å². The number of aromatic nitrogens is 1. The molecular formula is C8H9FN2OS. The van der Waals surface area contributed by atoms with Crippen LogP contribution in [0, 0.1) is 5.82 Å². The van der Waals surface area contributed by atoms with Gasteiger partial charge in [-0.2, -0.15) is 4.36 Å². The standard InChI is InChI=1S/C8H9FN2OS/c9-7-6-10-3-2-8(7)11-13(12)4-1-5-13/h2-3,6H,1,4-5H2. The topological polar surface area (TPSA) is 42.3 Å². The van der Waals surface area contributed by atoms with Crippen molar-refractivity contribution in [3.05, 3.63) is 24.3 Å². The second-order valence-electron chi connectivity index (χ2n) is 2.95. The van der Waals surface area contributed by atoms with Crippen LogP contribution in [0.4, 0.5) is 10.1 Å². The van der Waals surface area contributed by atoms with Gasteiger partial charge in [-0.15, -0.1) is 0 Å². The van der Waals surface area contributed by atoms with E-state index in [1.165, 1.54) is 12.3 Å². The Balaban J connectivity index is 2.43. The molecule has 0 N–H and O–H groups in total. The maximum atomic E-state index is 13.0. The normalized spacial score (nSPS) is 19.2. The summed E-state index contributed by atoms with van der Waals surface area (Å²) in [6, 6.07) is 1.44. The number of hydrogen-bond donors (Lipinski definition) is 0. The molecule has 70 valence electrons. The fourth-order valence-electron chi connectivity index (χ4n) is 1.10. The van der Waals surface area contributed by atoms with E-state index in [4.69, 9.17) is 0 Å². The van der Waals surface area contributed by atoms with Crippen LogP contribution in [-0.4, -0.2) is 20.7 Å². The number of nitrogens with zero attached hydrogens (tertiary/aromatic N) is 2. The Labute approximate surface area is 76.2 Å². The molecule has 1 aliphatic heterocycles. The monoisotopic (exact) mass is 200 g/mol. The molecule has 5 heteroatoms. The van der Waals surface area contributed by atoms with Crippen LogP contribution in [0.15, 0.2) is 22.8 Å². The summed E-state index contributed by atoms with van der Waals surface area (Å²) in [5.74, 6) is 0.681. The van der Waals surface area contributed by atoms with Gasteiger partial charge in [0.2, 0.25) is 0 Å². The number of pyridine rings is 1. The first kappa shape index (κ1) is 8.62. The van der Waals surface area contributed by atoms with E-state index in [1.54, 1.807) is 0 Å². The molecule has 1 saturated heterocycles. The highest BCUT2D eigenvalue weighted by atomic mass is 32.2. The lowest BCUT2D eigenvalue weighted by Crippen LogP contribution is -2.23. The molecule has 3 nitrogen and oxygen atoms in total. The molecule has 0 atom stereocenters. The van der Waals surface area contributed by atoms with Gasteiger partial charge in [-0.1, -0.05) is 0 Å². The van der Waals surface area contributed by atoms with E-state index in [0.717, 1.165) is 12.6 Å². The van der Waals surface area contributed by atoms with Gasteiger partial charge >= 0.3 is 0 Å². The maximum Gasteiger partial charge on any atom is 0.167 e. The van der Waals surface area contributed by atoms with Crippen LogP contribution in [0.5, 0.6) is 0 Å². The molecule has 1 aromatic rings. The van der Waals surface area contributed by atoms with E-state index in [-0.39, 0.29) is 5.69 Å². The maximum absolute atomic E-state index is 13.0. The van der Waals surface area contributed by atoms with Gasteiger partial charge in [-0.05, 0) is 12.5 Å². The van der Waals surface area contributed by atoms with Crippen LogP contribution < -0.4 is 0 Å². The average Bonchev–Trinajstić information content (AvgIpc) is 2.06. The SMILES string of the molecule is O=S1(=Nc2ccncc2F)CCC1. The Hall–Kier alpha value is -0.970. The van der Waals surface area contributed by atoms with Crippen LogP contribution in [-0.2, 0) is 9.73 Å². The molecule has 1 aromatic heterocycles. The largest absolute Gasteiger partial charge is 0.262 e. The quantitative estimate of drug-likeness (QED) is 0.692. The molecule has 0 radical (unpaired) electrons. The number of rotatable bonds is 1. The van der Waals surface area contributed by atoms with Crippen molar-refractivity contribution >= 4 is 15.4 Å². The highest BCUT2D eigenvalue weighted by molar-refractivity contribution is 7.95. The Morgan fingerprint density at radius 3 is 2.85 bits per heavy atom. The minimum Gasteiger partial charge on any atom is -0.262 e. The van der Waals surface area contributed by atoms with Gasteiger partial charge in [0.25, 0.3) is 0 Å². The Bertz CT molecular complexity index is 428. The molecule has 2 heterocycles. The van der Waals surface area contributed by atoms with Crippen molar-refractivity contribution in [1.82, 2.24) is 4.98 Å². The summed E-state index contributed by atoms with van der Waals surface area (Å²) in [6.07, 6.45) is 3.46. The minimum absolute atomic E-state index is 0.166. The van der Waals surface area contributed by atoms with Gasteiger partial charge in [0, 0.05) is 17.7 Å². The third-order valence-corrected chi connectivity index (χ3v) is 4.32. The molecule has 0 aliphatic carbocycles. The second kappa shape index (κ2) is 3.06. The fraction of sp³-hybridized carbons (Fsp3) is 0.375. The van der Waals surface area contributed by atoms with Crippen LogP contribution in [0.25, 0.3) is 0 Å². The van der Waals surface area contributed by atoms with Gasteiger partial charge in [-0.25, -0.2) is 8.60 Å². The first-order valence-corrected chi connectivity index (χ1v) is 5.87. The second-order valence-corrected chi connectivity index (χ2v) is 5.50. The summed E-state index contributed by atoms with van der Waals surface area (Å²) in [7, 11) is -2.11. The van der Waals surface area contributed by atoms with E-state index >= 15 is 0 Å². The molecule has 0 bridgehead atoms. The summed E-state index contributed by atoms with van der Waals surface area (Å²) < 4.78 is 28.5.